The zero-order chi connectivity index (χ0) is 10.1. The molecule has 2 nitrogen and oxygen atoms in total. The lowest BCUT2D eigenvalue weighted by molar-refractivity contribution is 0.755. The van der Waals surface area contributed by atoms with Crippen molar-refractivity contribution in [3.63, 3.8) is 0 Å². The van der Waals surface area contributed by atoms with Gasteiger partial charge < -0.3 is 10.6 Å². The normalized spacial score (nSPS) is 20.0. The monoisotopic (exact) mass is 202 g/mol. The van der Waals surface area contributed by atoms with Gasteiger partial charge in [0.25, 0.3) is 0 Å². The number of benzene rings is 1. The molecule has 1 heterocycles. The number of fused-ring (bicyclic) bond motifs is 1. The molecule has 0 aromatic heterocycles. The van der Waals surface area contributed by atoms with E-state index in [0.717, 1.165) is 12.6 Å². The van der Waals surface area contributed by atoms with E-state index in [1.807, 2.05) is 0 Å². The van der Waals surface area contributed by atoms with E-state index >= 15 is 0 Å². The van der Waals surface area contributed by atoms with E-state index in [9.17, 15) is 0 Å². The second-order valence-electron chi connectivity index (χ2n) is 4.67. The molecule has 2 heteroatoms. The van der Waals surface area contributed by atoms with Gasteiger partial charge in [0, 0.05) is 24.0 Å². The lowest BCUT2D eigenvalue weighted by Gasteiger charge is -2.14. The Balaban J connectivity index is 1.75. The van der Waals surface area contributed by atoms with Gasteiger partial charge in [-0.2, -0.15) is 0 Å². The van der Waals surface area contributed by atoms with Gasteiger partial charge in [0.15, 0.2) is 0 Å². The van der Waals surface area contributed by atoms with Gasteiger partial charge in [-0.1, -0.05) is 12.8 Å². The van der Waals surface area contributed by atoms with Crippen molar-refractivity contribution in [2.75, 3.05) is 17.2 Å². The Morgan fingerprint density at radius 2 is 2.07 bits per heavy atom. The van der Waals surface area contributed by atoms with Crippen molar-refractivity contribution in [2.24, 2.45) is 0 Å². The Bertz CT molecular complexity index is 354. The first-order valence-corrected chi connectivity index (χ1v) is 6.05. The molecule has 0 spiro atoms. The summed E-state index contributed by atoms with van der Waals surface area (Å²) in [6.45, 7) is 1.10. The third-order valence-corrected chi connectivity index (χ3v) is 3.54. The number of hydrogen-bond acceptors (Lipinski definition) is 2. The number of hydrogen-bond donors (Lipinski definition) is 2. The minimum absolute atomic E-state index is 0.720. The van der Waals surface area contributed by atoms with Crippen LogP contribution in [-0.2, 0) is 6.42 Å². The number of anilines is 2. The summed E-state index contributed by atoms with van der Waals surface area (Å²) in [6.07, 6.45) is 6.65. The third-order valence-electron chi connectivity index (χ3n) is 3.54. The molecule has 1 aromatic rings. The van der Waals surface area contributed by atoms with E-state index in [1.54, 1.807) is 0 Å². The van der Waals surface area contributed by atoms with Gasteiger partial charge in [-0.05, 0) is 43.0 Å². The second kappa shape index (κ2) is 3.76. The van der Waals surface area contributed by atoms with Crippen LogP contribution in [0.4, 0.5) is 11.4 Å². The standard InChI is InChI=1S/C13H18N2/c1-2-4-11(3-1)15-12-5-6-13-10(9-12)7-8-14-13/h5-6,9,11,14-15H,1-4,7-8H2. The largest absolute Gasteiger partial charge is 0.384 e. The van der Waals surface area contributed by atoms with Crippen LogP contribution in [0, 0.1) is 0 Å². The molecule has 1 aliphatic heterocycles. The molecule has 0 saturated heterocycles. The quantitative estimate of drug-likeness (QED) is 0.770. The van der Waals surface area contributed by atoms with Crippen molar-refractivity contribution in [3.05, 3.63) is 23.8 Å². The molecule has 0 bridgehead atoms. The van der Waals surface area contributed by atoms with Crippen LogP contribution in [0.1, 0.15) is 31.2 Å². The van der Waals surface area contributed by atoms with Crippen LogP contribution in [-0.4, -0.2) is 12.6 Å². The van der Waals surface area contributed by atoms with Gasteiger partial charge in [-0.3, -0.25) is 0 Å². The van der Waals surface area contributed by atoms with Crippen molar-refractivity contribution in [1.82, 2.24) is 0 Å². The van der Waals surface area contributed by atoms with Crippen LogP contribution in [0.3, 0.4) is 0 Å². The molecular formula is C13H18N2. The molecule has 0 atom stereocenters. The molecule has 0 unspecified atom stereocenters. The van der Waals surface area contributed by atoms with E-state index in [1.165, 1.54) is 49.0 Å². The highest BCUT2D eigenvalue weighted by Crippen LogP contribution is 2.27. The summed E-state index contributed by atoms with van der Waals surface area (Å²) < 4.78 is 0. The Hall–Kier alpha value is -1.18. The zero-order valence-electron chi connectivity index (χ0n) is 9.05. The molecule has 2 aliphatic rings. The summed E-state index contributed by atoms with van der Waals surface area (Å²) in [5.74, 6) is 0. The van der Waals surface area contributed by atoms with E-state index in [2.05, 4.69) is 28.8 Å². The fraction of sp³-hybridized carbons (Fsp3) is 0.538. The maximum Gasteiger partial charge on any atom is 0.0375 e. The highest BCUT2D eigenvalue weighted by molar-refractivity contribution is 5.62. The first-order chi connectivity index (χ1) is 7.42. The van der Waals surface area contributed by atoms with Gasteiger partial charge >= 0.3 is 0 Å². The molecule has 80 valence electrons. The van der Waals surface area contributed by atoms with Crippen LogP contribution >= 0.6 is 0 Å². The summed E-state index contributed by atoms with van der Waals surface area (Å²) in [5, 5.41) is 7.04. The first kappa shape index (κ1) is 9.08. The predicted molar refractivity (Wildman–Crippen MR) is 64.5 cm³/mol. The van der Waals surface area contributed by atoms with Crippen molar-refractivity contribution in [1.29, 1.82) is 0 Å². The van der Waals surface area contributed by atoms with E-state index in [4.69, 9.17) is 0 Å². The van der Waals surface area contributed by atoms with Crippen LogP contribution in [0.25, 0.3) is 0 Å². The van der Waals surface area contributed by atoms with Crippen LogP contribution in [0.2, 0.25) is 0 Å². The topological polar surface area (TPSA) is 24.1 Å². The summed E-state index contributed by atoms with van der Waals surface area (Å²) in [6, 6.07) is 7.44. The third kappa shape index (κ3) is 1.81. The van der Waals surface area contributed by atoms with Gasteiger partial charge in [-0.25, -0.2) is 0 Å². The van der Waals surface area contributed by atoms with Crippen molar-refractivity contribution in [3.8, 4) is 0 Å². The van der Waals surface area contributed by atoms with Gasteiger partial charge in [0.1, 0.15) is 0 Å². The first-order valence-electron chi connectivity index (χ1n) is 6.05. The molecular weight excluding hydrogens is 184 g/mol. The lowest BCUT2D eigenvalue weighted by Crippen LogP contribution is -2.14. The fourth-order valence-electron chi connectivity index (χ4n) is 2.70. The SMILES string of the molecule is c1cc2c(cc1NC1CCCC1)CCN2. The van der Waals surface area contributed by atoms with Crippen LogP contribution < -0.4 is 10.6 Å². The van der Waals surface area contributed by atoms with Crippen molar-refractivity contribution < 1.29 is 0 Å². The predicted octanol–water partition coefficient (Wildman–Crippen LogP) is 3.01. The molecule has 15 heavy (non-hydrogen) atoms. The molecule has 0 radical (unpaired) electrons. The molecule has 0 amide bonds. The van der Waals surface area contributed by atoms with E-state index in [0.29, 0.717) is 0 Å². The van der Waals surface area contributed by atoms with Crippen molar-refractivity contribution >= 4 is 11.4 Å². The summed E-state index contributed by atoms with van der Waals surface area (Å²) in [7, 11) is 0. The molecule has 1 saturated carbocycles. The highest BCUT2D eigenvalue weighted by atomic mass is 14.9. The number of nitrogens with one attached hydrogen (secondary N) is 2. The Morgan fingerprint density at radius 3 is 2.93 bits per heavy atom. The molecule has 1 aromatic carbocycles. The van der Waals surface area contributed by atoms with Gasteiger partial charge in [0.05, 0.1) is 0 Å². The summed E-state index contributed by atoms with van der Waals surface area (Å²) in [4.78, 5) is 0. The van der Waals surface area contributed by atoms with Crippen LogP contribution in [0.15, 0.2) is 18.2 Å². The molecule has 1 aliphatic carbocycles. The fourth-order valence-corrected chi connectivity index (χ4v) is 2.70. The van der Waals surface area contributed by atoms with E-state index < -0.39 is 0 Å². The Labute approximate surface area is 91.1 Å². The van der Waals surface area contributed by atoms with Gasteiger partial charge in [-0.15, -0.1) is 0 Å². The summed E-state index contributed by atoms with van der Waals surface area (Å²) >= 11 is 0. The Morgan fingerprint density at radius 1 is 1.20 bits per heavy atom. The number of rotatable bonds is 2. The van der Waals surface area contributed by atoms with Crippen molar-refractivity contribution in [2.45, 2.75) is 38.1 Å². The molecule has 1 fully saturated rings. The molecule has 2 N–H and O–H groups in total. The van der Waals surface area contributed by atoms with E-state index in [-0.39, 0.29) is 0 Å². The maximum atomic E-state index is 3.64. The minimum atomic E-state index is 0.720. The van der Waals surface area contributed by atoms with Crippen LogP contribution in [0.5, 0.6) is 0 Å². The lowest BCUT2D eigenvalue weighted by atomic mass is 10.1. The second-order valence-corrected chi connectivity index (χ2v) is 4.67. The molecule has 3 rings (SSSR count). The minimum Gasteiger partial charge on any atom is -0.384 e. The highest BCUT2D eigenvalue weighted by Gasteiger charge is 2.15. The summed E-state index contributed by atoms with van der Waals surface area (Å²) in [5.41, 5.74) is 4.11. The smallest absolute Gasteiger partial charge is 0.0375 e. The maximum absolute atomic E-state index is 3.64. The Kier molecular flexibility index (Phi) is 2.28. The average Bonchev–Trinajstić information content (AvgIpc) is 2.87. The average molecular weight is 202 g/mol. The zero-order valence-corrected chi connectivity index (χ0v) is 9.05. The van der Waals surface area contributed by atoms with Gasteiger partial charge in [0.2, 0.25) is 0 Å².